The number of hydrogen-bond donors (Lipinski definition) is 1. The van der Waals surface area contributed by atoms with Gasteiger partial charge in [0.05, 0.1) is 0 Å². The lowest BCUT2D eigenvalue weighted by Gasteiger charge is -2.23. The molecule has 1 aromatic heterocycles. The van der Waals surface area contributed by atoms with Crippen LogP contribution in [0.1, 0.15) is 25.0 Å². The Bertz CT molecular complexity index is 1720. The molecule has 1 aliphatic carbocycles. The zero-order chi connectivity index (χ0) is 23.6. The van der Waals surface area contributed by atoms with Crippen molar-refractivity contribution in [3.8, 4) is 22.3 Å². The van der Waals surface area contributed by atoms with Crippen molar-refractivity contribution in [1.82, 2.24) is 0 Å². The van der Waals surface area contributed by atoms with Gasteiger partial charge in [-0.3, -0.25) is 0 Å². The van der Waals surface area contributed by atoms with Gasteiger partial charge in [-0.25, -0.2) is 0 Å². The van der Waals surface area contributed by atoms with Gasteiger partial charge in [-0.05, 0) is 69.8 Å². The number of nitrogens with one attached hydrogen (secondary N) is 1. The van der Waals surface area contributed by atoms with E-state index in [-0.39, 0.29) is 5.41 Å². The maximum atomic E-state index is 3.64. The van der Waals surface area contributed by atoms with Gasteiger partial charge < -0.3 is 5.32 Å². The molecule has 1 aliphatic rings. The Labute approximate surface area is 209 Å². The summed E-state index contributed by atoms with van der Waals surface area (Å²) in [4.78, 5) is 0. The van der Waals surface area contributed by atoms with E-state index in [0.29, 0.717) is 0 Å². The monoisotopic (exact) mass is 467 g/mol. The highest BCUT2D eigenvalue weighted by molar-refractivity contribution is 7.25. The van der Waals surface area contributed by atoms with Crippen LogP contribution < -0.4 is 5.32 Å². The van der Waals surface area contributed by atoms with Crippen molar-refractivity contribution in [2.75, 3.05) is 5.32 Å². The molecule has 0 saturated heterocycles. The van der Waals surface area contributed by atoms with Crippen LogP contribution in [0.2, 0.25) is 0 Å². The zero-order valence-electron chi connectivity index (χ0n) is 19.8. The van der Waals surface area contributed by atoms with Crippen LogP contribution in [0, 0.1) is 0 Å². The van der Waals surface area contributed by atoms with Gasteiger partial charge in [-0.15, -0.1) is 11.3 Å². The van der Waals surface area contributed by atoms with Crippen molar-refractivity contribution < 1.29 is 0 Å². The van der Waals surface area contributed by atoms with E-state index in [0.717, 1.165) is 11.4 Å². The van der Waals surface area contributed by atoms with Gasteiger partial charge in [-0.1, -0.05) is 86.6 Å². The predicted molar refractivity (Wildman–Crippen MR) is 152 cm³/mol. The van der Waals surface area contributed by atoms with Crippen molar-refractivity contribution in [3.63, 3.8) is 0 Å². The Morgan fingerprint density at radius 2 is 1.29 bits per heavy atom. The summed E-state index contributed by atoms with van der Waals surface area (Å²) in [6, 6.07) is 39.5. The van der Waals surface area contributed by atoms with Crippen LogP contribution in [0.15, 0.2) is 109 Å². The van der Waals surface area contributed by atoms with Gasteiger partial charge in [0.2, 0.25) is 0 Å². The third kappa shape index (κ3) is 3.14. The molecule has 0 unspecified atom stereocenters. The Hall–Kier alpha value is -3.88. The maximum absolute atomic E-state index is 3.64. The highest BCUT2D eigenvalue weighted by Gasteiger charge is 2.37. The first kappa shape index (κ1) is 20.5. The van der Waals surface area contributed by atoms with Gasteiger partial charge >= 0.3 is 0 Å². The summed E-state index contributed by atoms with van der Waals surface area (Å²) in [5.74, 6) is 0. The topological polar surface area (TPSA) is 12.0 Å². The van der Waals surface area contributed by atoms with Crippen molar-refractivity contribution in [2.45, 2.75) is 19.3 Å². The van der Waals surface area contributed by atoms with Crippen LogP contribution in [0.3, 0.4) is 0 Å². The summed E-state index contributed by atoms with van der Waals surface area (Å²) in [5.41, 5.74) is 10.2. The van der Waals surface area contributed by atoms with Gasteiger partial charge in [0.25, 0.3) is 0 Å². The Balaban J connectivity index is 1.28. The highest BCUT2D eigenvalue weighted by Crippen LogP contribution is 2.54. The Morgan fingerprint density at radius 3 is 2.11 bits per heavy atom. The lowest BCUT2D eigenvalue weighted by molar-refractivity contribution is 0.667. The predicted octanol–water partition coefficient (Wildman–Crippen LogP) is 9.77. The molecule has 168 valence electrons. The SMILES string of the molecule is CC1(C)c2cc(Nc3ccc(-c4ccccc4)cc3)ccc2-c2ccc3sc4ccccc4c3c21. The fraction of sp³-hybridized carbons (Fsp3) is 0.0909. The largest absolute Gasteiger partial charge is 0.356 e. The highest BCUT2D eigenvalue weighted by atomic mass is 32.1. The molecule has 0 aliphatic heterocycles. The van der Waals surface area contributed by atoms with E-state index in [4.69, 9.17) is 0 Å². The van der Waals surface area contributed by atoms with Crippen LogP contribution in [-0.4, -0.2) is 0 Å². The quantitative estimate of drug-likeness (QED) is 0.273. The van der Waals surface area contributed by atoms with E-state index in [1.165, 1.54) is 53.6 Å². The smallest absolute Gasteiger partial charge is 0.0387 e. The summed E-state index contributed by atoms with van der Waals surface area (Å²) >= 11 is 1.90. The van der Waals surface area contributed by atoms with Crippen molar-refractivity contribution in [1.29, 1.82) is 0 Å². The number of benzene rings is 5. The fourth-order valence-electron chi connectivity index (χ4n) is 5.74. The van der Waals surface area contributed by atoms with Crippen LogP contribution in [0.25, 0.3) is 42.4 Å². The van der Waals surface area contributed by atoms with E-state index in [2.05, 4.69) is 128 Å². The van der Waals surface area contributed by atoms with Crippen LogP contribution >= 0.6 is 11.3 Å². The van der Waals surface area contributed by atoms with Gasteiger partial charge in [-0.2, -0.15) is 0 Å². The molecule has 2 heteroatoms. The minimum Gasteiger partial charge on any atom is -0.356 e. The van der Waals surface area contributed by atoms with Crippen LogP contribution in [0.4, 0.5) is 11.4 Å². The maximum Gasteiger partial charge on any atom is 0.0387 e. The van der Waals surface area contributed by atoms with Gasteiger partial charge in [0.15, 0.2) is 0 Å². The van der Waals surface area contributed by atoms with Crippen LogP contribution in [-0.2, 0) is 5.41 Å². The Kier molecular flexibility index (Phi) is 4.43. The first-order valence-electron chi connectivity index (χ1n) is 12.1. The molecule has 0 atom stereocenters. The van der Waals surface area contributed by atoms with Crippen molar-refractivity contribution in [3.05, 3.63) is 120 Å². The lowest BCUT2D eigenvalue weighted by Crippen LogP contribution is -2.15. The molecule has 0 spiro atoms. The molecule has 7 rings (SSSR count). The molecule has 1 heterocycles. The average molecular weight is 468 g/mol. The molecule has 5 aromatic carbocycles. The zero-order valence-corrected chi connectivity index (χ0v) is 20.6. The first-order valence-corrected chi connectivity index (χ1v) is 12.9. The summed E-state index contributed by atoms with van der Waals surface area (Å²) in [6.45, 7) is 4.75. The summed E-state index contributed by atoms with van der Waals surface area (Å²) in [6.07, 6.45) is 0. The number of anilines is 2. The van der Waals surface area contributed by atoms with E-state index >= 15 is 0 Å². The molecular weight excluding hydrogens is 442 g/mol. The molecule has 0 bridgehead atoms. The molecular formula is C33H25NS. The van der Waals surface area contributed by atoms with Crippen LogP contribution in [0.5, 0.6) is 0 Å². The second-order valence-corrected chi connectivity index (χ2v) is 11.0. The van der Waals surface area contributed by atoms with Crippen molar-refractivity contribution in [2.24, 2.45) is 0 Å². The summed E-state index contributed by atoms with van der Waals surface area (Å²) in [5, 5.41) is 6.44. The average Bonchev–Trinajstić information content (AvgIpc) is 3.37. The molecule has 0 saturated carbocycles. The number of hydrogen-bond acceptors (Lipinski definition) is 2. The molecule has 35 heavy (non-hydrogen) atoms. The van der Waals surface area contributed by atoms with E-state index in [1.807, 2.05) is 11.3 Å². The molecule has 1 N–H and O–H groups in total. The minimum absolute atomic E-state index is 0.0666. The minimum atomic E-state index is -0.0666. The standard InChI is InChI=1S/C33H25NS/c1-33(2)28-20-24(34-23-14-12-22(13-15-23)21-8-4-3-5-9-21)16-17-25(28)26-18-19-30-31(32(26)33)27-10-6-7-11-29(27)35-30/h3-20,34H,1-2H3. The molecule has 0 fully saturated rings. The third-order valence-electron chi connectivity index (χ3n) is 7.43. The fourth-order valence-corrected chi connectivity index (χ4v) is 6.86. The normalized spacial score (nSPS) is 13.7. The number of fused-ring (bicyclic) bond motifs is 7. The lowest BCUT2D eigenvalue weighted by atomic mass is 9.80. The first-order chi connectivity index (χ1) is 17.1. The molecule has 6 aromatic rings. The summed E-state index contributed by atoms with van der Waals surface area (Å²) in [7, 11) is 0. The third-order valence-corrected chi connectivity index (χ3v) is 8.57. The second-order valence-electron chi connectivity index (χ2n) is 9.91. The molecule has 0 radical (unpaired) electrons. The number of thiophene rings is 1. The van der Waals surface area contributed by atoms with E-state index < -0.39 is 0 Å². The van der Waals surface area contributed by atoms with E-state index in [9.17, 15) is 0 Å². The van der Waals surface area contributed by atoms with Gasteiger partial charge in [0, 0.05) is 37.0 Å². The molecule has 0 amide bonds. The summed E-state index contributed by atoms with van der Waals surface area (Å²) < 4.78 is 2.74. The van der Waals surface area contributed by atoms with Gasteiger partial charge in [0.1, 0.15) is 0 Å². The number of rotatable bonds is 3. The van der Waals surface area contributed by atoms with Crippen molar-refractivity contribution >= 4 is 42.9 Å². The van der Waals surface area contributed by atoms with E-state index in [1.54, 1.807) is 0 Å². The molecule has 1 nitrogen and oxygen atoms in total. The second kappa shape index (κ2) is 7.56. The Morgan fingerprint density at radius 1 is 0.600 bits per heavy atom.